The summed E-state index contributed by atoms with van der Waals surface area (Å²) in [7, 11) is 0. The molecule has 0 aliphatic carbocycles. The number of hydrogen-bond acceptors (Lipinski definition) is 2. The van der Waals surface area contributed by atoms with Crippen LogP contribution < -0.4 is 0 Å². The standard InChI is InChI=1S/C6H9N3/c7-5-6(8)9-3-1-2-4-9/h8H,1-4H2. The molecule has 0 amide bonds. The van der Waals surface area contributed by atoms with Crippen molar-refractivity contribution in [3.8, 4) is 6.07 Å². The van der Waals surface area contributed by atoms with Crippen LogP contribution in [0.25, 0.3) is 0 Å². The van der Waals surface area contributed by atoms with Gasteiger partial charge in [0.2, 0.25) is 5.84 Å². The van der Waals surface area contributed by atoms with E-state index in [4.69, 9.17) is 10.7 Å². The van der Waals surface area contributed by atoms with Gasteiger partial charge in [0.1, 0.15) is 6.07 Å². The van der Waals surface area contributed by atoms with Gasteiger partial charge < -0.3 is 4.90 Å². The number of amidine groups is 1. The van der Waals surface area contributed by atoms with E-state index in [9.17, 15) is 0 Å². The minimum atomic E-state index is 0.118. The normalized spacial score (nSPS) is 17.4. The fraction of sp³-hybridized carbons (Fsp3) is 0.667. The third-order valence-electron chi connectivity index (χ3n) is 1.53. The first-order valence-corrected chi connectivity index (χ1v) is 3.08. The lowest BCUT2D eigenvalue weighted by Gasteiger charge is -2.10. The lowest BCUT2D eigenvalue weighted by Crippen LogP contribution is -2.25. The molecule has 0 spiro atoms. The maximum Gasteiger partial charge on any atom is 0.201 e. The average Bonchev–Trinajstić information content (AvgIpc) is 2.37. The summed E-state index contributed by atoms with van der Waals surface area (Å²) in [5.74, 6) is 0.118. The Balaban J connectivity index is 2.44. The molecule has 1 rings (SSSR count). The second kappa shape index (κ2) is 2.49. The number of nitrogens with zero attached hydrogens (tertiary/aromatic N) is 2. The topological polar surface area (TPSA) is 50.9 Å². The van der Waals surface area contributed by atoms with Crippen LogP contribution in [0.5, 0.6) is 0 Å². The van der Waals surface area contributed by atoms with Gasteiger partial charge in [-0.15, -0.1) is 0 Å². The van der Waals surface area contributed by atoms with Crippen molar-refractivity contribution < 1.29 is 0 Å². The molecule has 0 aromatic carbocycles. The predicted molar refractivity (Wildman–Crippen MR) is 34.1 cm³/mol. The highest BCUT2D eigenvalue weighted by Crippen LogP contribution is 2.06. The maximum absolute atomic E-state index is 8.28. The lowest BCUT2D eigenvalue weighted by atomic mass is 10.4. The molecule has 48 valence electrons. The molecule has 1 aliphatic heterocycles. The van der Waals surface area contributed by atoms with Crippen LogP contribution in [0.1, 0.15) is 12.8 Å². The first-order valence-electron chi connectivity index (χ1n) is 3.08. The molecule has 1 heterocycles. The average molecular weight is 123 g/mol. The van der Waals surface area contributed by atoms with Crippen LogP contribution in [-0.2, 0) is 0 Å². The van der Waals surface area contributed by atoms with Crippen LogP contribution >= 0.6 is 0 Å². The number of hydrogen-bond donors (Lipinski definition) is 1. The second-order valence-corrected chi connectivity index (χ2v) is 2.15. The molecule has 3 nitrogen and oxygen atoms in total. The molecular weight excluding hydrogens is 114 g/mol. The molecule has 1 fully saturated rings. The zero-order valence-corrected chi connectivity index (χ0v) is 5.22. The van der Waals surface area contributed by atoms with Crippen molar-refractivity contribution in [2.45, 2.75) is 12.8 Å². The molecular formula is C6H9N3. The molecule has 0 aromatic heterocycles. The summed E-state index contributed by atoms with van der Waals surface area (Å²) in [6, 6.07) is 1.82. The summed E-state index contributed by atoms with van der Waals surface area (Å²) in [6.07, 6.45) is 2.26. The van der Waals surface area contributed by atoms with Gasteiger partial charge in [-0.3, -0.25) is 5.41 Å². The quantitative estimate of drug-likeness (QED) is 0.378. The van der Waals surface area contributed by atoms with E-state index in [1.807, 2.05) is 6.07 Å². The molecule has 1 saturated heterocycles. The highest BCUT2D eigenvalue weighted by molar-refractivity contribution is 5.93. The summed E-state index contributed by atoms with van der Waals surface area (Å²) in [4.78, 5) is 1.81. The number of nitriles is 1. The minimum absolute atomic E-state index is 0.118. The molecule has 0 unspecified atom stereocenters. The summed E-state index contributed by atoms with van der Waals surface area (Å²) >= 11 is 0. The number of likely N-dealkylation sites (tertiary alicyclic amines) is 1. The minimum Gasteiger partial charge on any atom is -0.348 e. The summed E-state index contributed by atoms with van der Waals surface area (Å²) in [5.41, 5.74) is 0. The highest BCUT2D eigenvalue weighted by atomic mass is 15.2. The van der Waals surface area contributed by atoms with Crippen molar-refractivity contribution in [2.75, 3.05) is 13.1 Å². The molecule has 0 atom stereocenters. The van der Waals surface area contributed by atoms with E-state index in [2.05, 4.69) is 0 Å². The summed E-state index contributed by atoms with van der Waals surface area (Å²) in [5, 5.41) is 15.4. The Bertz CT molecular complexity index is 150. The van der Waals surface area contributed by atoms with E-state index in [-0.39, 0.29) is 5.84 Å². The first-order chi connectivity index (χ1) is 4.34. The third kappa shape index (κ3) is 1.20. The molecule has 0 bridgehead atoms. The summed E-state index contributed by atoms with van der Waals surface area (Å²) < 4.78 is 0. The fourth-order valence-electron chi connectivity index (χ4n) is 1.01. The van der Waals surface area contributed by atoms with Gasteiger partial charge in [-0.05, 0) is 12.8 Å². The molecule has 9 heavy (non-hydrogen) atoms. The Labute approximate surface area is 54.4 Å². The molecule has 0 saturated carbocycles. The van der Waals surface area contributed by atoms with Gasteiger partial charge in [-0.2, -0.15) is 5.26 Å². The Kier molecular flexibility index (Phi) is 1.69. The van der Waals surface area contributed by atoms with Gasteiger partial charge >= 0.3 is 0 Å². The Morgan fingerprint density at radius 3 is 2.44 bits per heavy atom. The van der Waals surface area contributed by atoms with E-state index in [0.717, 1.165) is 25.9 Å². The largest absolute Gasteiger partial charge is 0.348 e. The Morgan fingerprint density at radius 1 is 1.44 bits per heavy atom. The van der Waals surface area contributed by atoms with Crippen LogP contribution in [0.4, 0.5) is 0 Å². The van der Waals surface area contributed by atoms with Gasteiger partial charge in [-0.25, -0.2) is 0 Å². The van der Waals surface area contributed by atoms with E-state index in [1.165, 1.54) is 0 Å². The Morgan fingerprint density at radius 2 is 2.00 bits per heavy atom. The second-order valence-electron chi connectivity index (χ2n) is 2.15. The van der Waals surface area contributed by atoms with Crippen LogP contribution in [-0.4, -0.2) is 23.8 Å². The van der Waals surface area contributed by atoms with Crippen LogP contribution in [0.2, 0.25) is 0 Å². The lowest BCUT2D eigenvalue weighted by molar-refractivity contribution is 0.520. The number of nitrogens with one attached hydrogen (secondary N) is 1. The molecule has 1 N–H and O–H groups in total. The van der Waals surface area contributed by atoms with Gasteiger partial charge in [0, 0.05) is 13.1 Å². The summed E-state index contributed by atoms with van der Waals surface area (Å²) in [6.45, 7) is 1.79. The monoisotopic (exact) mass is 123 g/mol. The highest BCUT2D eigenvalue weighted by Gasteiger charge is 2.13. The van der Waals surface area contributed by atoms with Crippen molar-refractivity contribution in [2.24, 2.45) is 0 Å². The smallest absolute Gasteiger partial charge is 0.201 e. The van der Waals surface area contributed by atoms with Crippen molar-refractivity contribution >= 4 is 5.84 Å². The fourth-order valence-corrected chi connectivity index (χ4v) is 1.01. The molecule has 3 heteroatoms. The SMILES string of the molecule is N#CC(=N)N1CCCC1. The van der Waals surface area contributed by atoms with Gasteiger partial charge in [-0.1, -0.05) is 0 Å². The predicted octanol–water partition coefficient (Wildman–Crippen LogP) is 0.583. The number of rotatable bonds is 0. The molecule has 1 aliphatic rings. The first kappa shape index (κ1) is 6.09. The van der Waals surface area contributed by atoms with E-state index >= 15 is 0 Å². The van der Waals surface area contributed by atoms with Crippen molar-refractivity contribution in [3.05, 3.63) is 0 Å². The molecule has 0 radical (unpaired) electrons. The van der Waals surface area contributed by atoms with Crippen molar-refractivity contribution in [3.63, 3.8) is 0 Å². The Hall–Kier alpha value is -1.04. The van der Waals surface area contributed by atoms with Crippen LogP contribution in [0.15, 0.2) is 0 Å². The van der Waals surface area contributed by atoms with Gasteiger partial charge in [0.25, 0.3) is 0 Å². The van der Waals surface area contributed by atoms with Gasteiger partial charge in [0.15, 0.2) is 0 Å². The van der Waals surface area contributed by atoms with Crippen molar-refractivity contribution in [1.29, 1.82) is 10.7 Å². The third-order valence-corrected chi connectivity index (χ3v) is 1.53. The van der Waals surface area contributed by atoms with Crippen molar-refractivity contribution in [1.82, 2.24) is 4.90 Å². The maximum atomic E-state index is 8.28. The zero-order chi connectivity index (χ0) is 6.69. The molecule has 0 aromatic rings. The van der Waals surface area contributed by atoms with Crippen LogP contribution in [0, 0.1) is 16.7 Å². The van der Waals surface area contributed by atoms with E-state index < -0.39 is 0 Å². The van der Waals surface area contributed by atoms with Crippen LogP contribution in [0.3, 0.4) is 0 Å². The van der Waals surface area contributed by atoms with Gasteiger partial charge in [0.05, 0.1) is 0 Å². The zero-order valence-electron chi connectivity index (χ0n) is 5.22. The van der Waals surface area contributed by atoms with E-state index in [1.54, 1.807) is 4.90 Å². The van der Waals surface area contributed by atoms with E-state index in [0.29, 0.717) is 0 Å².